The van der Waals surface area contributed by atoms with Crippen LogP contribution in [0.3, 0.4) is 0 Å². The molecule has 3 fully saturated rings. The maximum absolute atomic E-state index is 13.7. The quantitative estimate of drug-likeness (QED) is 0.0546. The van der Waals surface area contributed by atoms with Crippen molar-refractivity contribution >= 4 is 132 Å². The van der Waals surface area contributed by atoms with Crippen molar-refractivity contribution in [3.63, 3.8) is 0 Å². The van der Waals surface area contributed by atoms with Crippen molar-refractivity contribution in [3.05, 3.63) is 264 Å². The van der Waals surface area contributed by atoms with Crippen molar-refractivity contribution in [3.8, 4) is 55.6 Å². The van der Waals surface area contributed by atoms with E-state index in [0.29, 0.717) is 108 Å². The van der Waals surface area contributed by atoms with Crippen LogP contribution in [0.4, 0.5) is 21.5 Å². The first kappa shape index (κ1) is 91.6. The summed E-state index contributed by atoms with van der Waals surface area (Å²) in [6, 6.07) is 61.6. The highest BCUT2D eigenvalue weighted by atomic mass is 35.5. The summed E-state index contributed by atoms with van der Waals surface area (Å²) in [6.45, 7) is 11.8. The number of carbonyl (C=O) groups excluding carboxylic acids is 4. The Morgan fingerprint density at radius 3 is 1.18 bits per heavy atom. The van der Waals surface area contributed by atoms with Crippen LogP contribution in [0.1, 0.15) is 108 Å². The van der Waals surface area contributed by atoms with Crippen LogP contribution in [0.25, 0.3) is 55.6 Å². The maximum atomic E-state index is 13.7. The van der Waals surface area contributed by atoms with Gasteiger partial charge in [0.2, 0.25) is 21.8 Å². The summed E-state index contributed by atoms with van der Waals surface area (Å²) < 4.78 is 66.0. The minimum absolute atomic E-state index is 0.0540. The Bertz CT molecular complexity index is 5140. The molecule has 0 aliphatic carbocycles. The second-order valence-electron chi connectivity index (χ2n) is 28.1. The number of nitrogens with one attached hydrogen (secondary N) is 2. The lowest BCUT2D eigenvalue weighted by atomic mass is 9.97. The number of ether oxygens (including phenoxy) is 5. The lowest BCUT2D eigenvalue weighted by Crippen LogP contribution is -2.30. The second kappa shape index (κ2) is 44.5. The van der Waals surface area contributed by atoms with E-state index < -0.39 is 15.8 Å². The third kappa shape index (κ3) is 24.9. The normalized spacial score (nSPS) is 13.5. The summed E-state index contributed by atoms with van der Waals surface area (Å²) in [7, 11) is 4.92. The van der Waals surface area contributed by atoms with Crippen LogP contribution in [-0.2, 0) is 76.3 Å². The highest BCUT2D eigenvalue weighted by Gasteiger charge is 2.32. The van der Waals surface area contributed by atoms with E-state index in [1.807, 2.05) is 105 Å². The Morgan fingerprint density at radius 2 is 0.793 bits per heavy atom. The second-order valence-corrected chi connectivity index (χ2v) is 33.9. The third-order valence-corrected chi connectivity index (χ3v) is 23.7. The highest BCUT2D eigenvalue weighted by Crippen LogP contribution is 2.41. The number of anilines is 3. The molecule has 3 heterocycles. The highest BCUT2D eigenvalue weighted by molar-refractivity contribution is 7.98. The number of thioether (sulfide) groups is 2. The Morgan fingerprint density at radius 1 is 0.422 bits per heavy atom. The van der Waals surface area contributed by atoms with Gasteiger partial charge >= 0.3 is 0 Å². The maximum Gasteiger partial charge on any atom is 0.251 e. The number of amides is 4. The molecule has 2 N–H and O–H groups in total. The van der Waals surface area contributed by atoms with E-state index in [9.17, 15) is 32.0 Å². The van der Waals surface area contributed by atoms with Gasteiger partial charge in [-0.05, 0) is 264 Å². The summed E-state index contributed by atoms with van der Waals surface area (Å²) >= 11 is 34.0. The summed E-state index contributed by atoms with van der Waals surface area (Å²) in [5, 5.41) is 8.17. The van der Waals surface area contributed by atoms with Gasteiger partial charge in [-0.2, -0.15) is 0 Å². The number of hydrogen-bond donors (Lipinski definition) is 2. The molecule has 116 heavy (non-hydrogen) atoms. The number of hydrogen-bond acceptors (Lipinski definition) is 13. The van der Waals surface area contributed by atoms with Gasteiger partial charge in [0.05, 0.1) is 65.2 Å². The molecular weight excluding hydrogens is 1630 g/mol. The fourth-order valence-electron chi connectivity index (χ4n) is 13.5. The predicted octanol–water partition coefficient (Wildman–Crippen LogP) is 22.4. The van der Waals surface area contributed by atoms with Crippen LogP contribution in [-0.4, -0.2) is 118 Å². The van der Waals surface area contributed by atoms with Gasteiger partial charge in [0.25, 0.3) is 11.8 Å². The fraction of sp³-hybridized carbons (Fsp3) is 0.297. The first-order valence-corrected chi connectivity index (χ1v) is 43.6. The molecule has 3 aliphatic heterocycles. The van der Waals surface area contributed by atoms with Crippen molar-refractivity contribution in [2.24, 2.45) is 0 Å². The van der Waals surface area contributed by atoms with Crippen molar-refractivity contribution in [1.82, 2.24) is 10.6 Å². The lowest BCUT2D eigenvalue weighted by Gasteiger charge is -2.21. The summed E-state index contributed by atoms with van der Waals surface area (Å²) in [6.07, 6.45) is 7.79. The molecular formula is C91H97Cl5FN5O11S3. The fourth-order valence-corrected chi connectivity index (χ4v) is 16.8. The van der Waals surface area contributed by atoms with E-state index in [1.54, 1.807) is 113 Å². The van der Waals surface area contributed by atoms with Gasteiger partial charge in [0, 0.05) is 117 Å². The Hall–Kier alpha value is -8.29. The van der Waals surface area contributed by atoms with Gasteiger partial charge < -0.3 is 44.1 Å². The molecule has 0 radical (unpaired) electrons. The van der Waals surface area contributed by atoms with E-state index in [-0.39, 0.29) is 46.5 Å². The average Bonchev–Trinajstić information content (AvgIpc) is 1.60. The van der Waals surface area contributed by atoms with Crippen LogP contribution in [0.15, 0.2) is 204 Å². The van der Waals surface area contributed by atoms with E-state index in [2.05, 4.69) is 83.8 Å². The molecule has 13 rings (SSSR count). The summed E-state index contributed by atoms with van der Waals surface area (Å²) in [5.74, 6) is -0.191. The molecule has 0 bridgehead atoms. The number of nitrogens with zero attached hydrogens (tertiary/aromatic N) is 3. The lowest BCUT2D eigenvalue weighted by molar-refractivity contribution is -0.117. The van der Waals surface area contributed by atoms with Gasteiger partial charge in [-0.25, -0.2) is 12.8 Å². The molecule has 0 unspecified atom stereocenters. The molecule has 4 amide bonds. The van der Waals surface area contributed by atoms with Gasteiger partial charge in [-0.15, -0.1) is 23.5 Å². The molecule has 3 aliphatic rings. The third-order valence-electron chi connectivity index (χ3n) is 19.0. The summed E-state index contributed by atoms with van der Waals surface area (Å²) in [4.78, 5) is 54.4. The topological polar surface area (TPSA) is 182 Å². The molecule has 0 saturated carbocycles. The number of sulfonamides is 1. The zero-order chi connectivity index (χ0) is 83.8. The number of carbonyl (C=O) groups is 4. The number of halogens is 6. The van der Waals surface area contributed by atoms with Crippen molar-refractivity contribution in [2.75, 3.05) is 87.6 Å². The molecule has 10 aromatic carbocycles. The minimum Gasteiger partial charge on any atom is -0.380 e. The summed E-state index contributed by atoms with van der Waals surface area (Å²) in [5.41, 5.74) is 18.2. The Balaban J connectivity index is 0.000000166. The standard InChI is InChI=1S/C19H21NO2S.C19H23NO2S.C18H17Cl2NO2.C18H19ClFNO2.C17H17Cl2NO3S/c1-22-13-15-12-16(20-11-3-4-19(20)21)7-10-18(15)14-5-8-17(23-2)9-6-14;1-13(2)20-19(21)15-7-10-18(16(11-15)12-22-3)14-5-8-17(23-4)9-6-14;1-23-11-13-9-17(21-8-2-3-18(21)22)16(20)10-15(13)12-4-6-14(19)7-5-12;1-11(2)21-18(22)13-4-6-15(14(8-13)10-23-3)12-5-7-16(19)17(20)9-12;1-23-11-13-9-17(20-7-2-8-24(20,21)22)16(19)10-15(13)12-3-5-14(18)6-4-12/h5-10,12H,3-4,11,13H2,1-2H3;5-11,13H,12H2,1-4H3,(H,20,21);4-7,9-10H,2-3,8,11H2,1H3;4-9,11H,10H2,1-3H3,(H,21,22);3-6,9-10H,2,7-8,11H2,1H3. The molecule has 16 nitrogen and oxygen atoms in total. The zero-order valence-corrected chi connectivity index (χ0v) is 73.1. The van der Waals surface area contributed by atoms with Crippen molar-refractivity contribution in [1.29, 1.82) is 0 Å². The smallest absolute Gasteiger partial charge is 0.251 e. The van der Waals surface area contributed by atoms with Gasteiger partial charge in [0.1, 0.15) is 5.82 Å². The first-order chi connectivity index (χ1) is 55.7. The van der Waals surface area contributed by atoms with Crippen LogP contribution in [0.5, 0.6) is 0 Å². The molecule has 10 aromatic rings. The van der Waals surface area contributed by atoms with Crippen molar-refractivity contribution < 1.29 is 55.7 Å². The Kier molecular flexibility index (Phi) is 35.1. The van der Waals surface area contributed by atoms with Crippen LogP contribution in [0.2, 0.25) is 25.1 Å². The number of rotatable bonds is 24. The molecule has 3 saturated heterocycles. The van der Waals surface area contributed by atoms with Crippen LogP contribution < -0.4 is 24.7 Å². The zero-order valence-electron chi connectivity index (χ0n) is 66.9. The average molecular weight is 1730 g/mol. The Labute approximate surface area is 715 Å². The van der Waals surface area contributed by atoms with Crippen LogP contribution >= 0.6 is 81.5 Å². The van der Waals surface area contributed by atoms with E-state index in [4.69, 9.17) is 81.7 Å². The predicted molar refractivity (Wildman–Crippen MR) is 476 cm³/mol. The van der Waals surface area contributed by atoms with Gasteiger partial charge in [0.15, 0.2) is 0 Å². The largest absolute Gasteiger partial charge is 0.380 e. The molecule has 25 heteroatoms. The van der Waals surface area contributed by atoms with Gasteiger partial charge in [-0.3, -0.25) is 23.5 Å². The minimum atomic E-state index is -3.29. The first-order valence-electron chi connectivity index (χ1n) is 37.7. The number of methoxy groups -OCH3 is 5. The SMILES string of the molecule is COCc1cc(C(=O)NC(C)C)ccc1-c1ccc(Cl)c(F)c1.COCc1cc(C(=O)NC(C)C)ccc1-c1ccc(SC)cc1.COCc1cc(N2CCCC2=O)c(Cl)cc1-c1ccc(Cl)cc1.COCc1cc(N2CCCC2=O)ccc1-c1ccc(SC)cc1.COCc1cc(N2CCCS2(=O)=O)c(Cl)cc1-c1ccc(Cl)cc1. The van der Waals surface area contributed by atoms with Gasteiger partial charge in [-0.1, -0.05) is 131 Å². The molecule has 0 atom stereocenters. The van der Waals surface area contributed by atoms with E-state index in [0.717, 1.165) is 103 Å². The molecule has 0 aromatic heterocycles. The van der Waals surface area contributed by atoms with E-state index >= 15 is 0 Å². The molecule has 0 spiro atoms. The monoisotopic (exact) mass is 1730 g/mol. The van der Waals surface area contributed by atoms with Crippen molar-refractivity contribution in [2.45, 2.75) is 115 Å². The van der Waals surface area contributed by atoms with Crippen LogP contribution in [0, 0.1) is 5.82 Å². The van der Waals surface area contributed by atoms with E-state index in [1.165, 1.54) is 31.8 Å². The molecule has 612 valence electrons. The number of benzene rings is 10.